The number of halogens is 4. The Hall–Kier alpha value is -2.49. The van der Waals surface area contributed by atoms with Gasteiger partial charge >= 0.3 is 6.55 Å². The van der Waals surface area contributed by atoms with Crippen molar-refractivity contribution >= 4 is 52.0 Å². The van der Waals surface area contributed by atoms with Gasteiger partial charge in [-0.15, -0.1) is 0 Å². The number of rotatable bonds is 6. The molecule has 3 aromatic heterocycles. The lowest BCUT2D eigenvalue weighted by molar-refractivity contribution is 0.0515. The number of alkyl halides is 2. The van der Waals surface area contributed by atoms with Gasteiger partial charge < -0.3 is 14.0 Å². The molecule has 0 aliphatic carbocycles. The largest absolute Gasteiger partial charge is 0.363 e. The Balaban J connectivity index is 1.68. The molecule has 3 heterocycles. The van der Waals surface area contributed by atoms with Crippen molar-refractivity contribution in [3.05, 3.63) is 53.4 Å². The zero-order valence-electron chi connectivity index (χ0n) is 14.8. The normalized spacial score (nSPS) is 11.4. The predicted molar refractivity (Wildman–Crippen MR) is 111 cm³/mol. The van der Waals surface area contributed by atoms with Crippen LogP contribution in [0.25, 0.3) is 22.2 Å². The first kappa shape index (κ1) is 19.8. The molecular weight excluding hydrogens is 443 g/mol. The highest BCUT2D eigenvalue weighted by Gasteiger charge is 2.20. The third-order valence-corrected chi connectivity index (χ3v) is 5.53. The smallest absolute Gasteiger partial charge is 0.336 e. The van der Waals surface area contributed by atoms with Crippen LogP contribution in [0.3, 0.4) is 0 Å². The van der Waals surface area contributed by atoms with Gasteiger partial charge in [0.15, 0.2) is 0 Å². The van der Waals surface area contributed by atoms with Crippen molar-refractivity contribution in [1.29, 1.82) is 0 Å². The van der Waals surface area contributed by atoms with Crippen LogP contribution in [0.15, 0.2) is 47.6 Å². The quantitative estimate of drug-likeness (QED) is 0.327. The summed E-state index contributed by atoms with van der Waals surface area (Å²) in [5, 5.41) is 5.03. The highest BCUT2D eigenvalue weighted by Crippen LogP contribution is 2.39. The van der Waals surface area contributed by atoms with Crippen LogP contribution in [0.4, 0.5) is 14.5 Å². The molecule has 0 aliphatic rings. The van der Waals surface area contributed by atoms with Gasteiger partial charge in [0.1, 0.15) is 17.6 Å². The first-order chi connectivity index (χ1) is 14.0. The van der Waals surface area contributed by atoms with E-state index in [-0.39, 0.29) is 11.6 Å². The van der Waals surface area contributed by atoms with Crippen molar-refractivity contribution in [2.45, 2.75) is 18.4 Å². The van der Waals surface area contributed by atoms with Crippen LogP contribution in [0.1, 0.15) is 12.2 Å². The Morgan fingerprint density at radius 2 is 2.10 bits per heavy atom. The third kappa shape index (κ3) is 3.73. The Morgan fingerprint density at radius 1 is 1.28 bits per heavy atom. The molecule has 0 saturated heterocycles. The number of aromatic amines is 1. The standard InChI is InChI=1S/C18H13Cl2F2N5OS/c1-9-3-2-4-12(25-9)15-11(19)6-5-10-14(8-23-16(10)15)29-26-13-7-24-27(18(21)22)17(13)28-20/h2-8,18,23,26H,1H3. The van der Waals surface area contributed by atoms with E-state index in [0.717, 1.165) is 32.7 Å². The number of nitrogens with zero attached hydrogens (tertiary/aromatic N) is 3. The predicted octanol–water partition coefficient (Wildman–Crippen LogP) is 6.44. The van der Waals surface area contributed by atoms with Gasteiger partial charge in [-0.1, -0.05) is 23.7 Å². The molecule has 0 saturated carbocycles. The molecule has 0 amide bonds. The molecule has 6 nitrogen and oxygen atoms in total. The molecule has 0 radical (unpaired) electrons. The summed E-state index contributed by atoms with van der Waals surface area (Å²) in [6.45, 7) is -0.961. The van der Waals surface area contributed by atoms with Gasteiger partial charge in [-0.05, 0) is 37.1 Å². The molecule has 150 valence electrons. The Kier molecular flexibility index (Phi) is 5.53. The molecule has 4 rings (SSSR count). The van der Waals surface area contributed by atoms with Crippen molar-refractivity contribution in [2.75, 3.05) is 4.72 Å². The fraction of sp³-hybridized carbons (Fsp3) is 0.111. The monoisotopic (exact) mass is 455 g/mol. The van der Waals surface area contributed by atoms with Crippen LogP contribution in [-0.2, 0) is 0 Å². The van der Waals surface area contributed by atoms with Crippen LogP contribution in [0, 0.1) is 6.92 Å². The summed E-state index contributed by atoms with van der Waals surface area (Å²) in [5.41, 5.74) is 3.45. The van der Waals surface area contributed by atoms with Crippen LogP contribution in [-0.4, -0.2) is 19.7 Å². The number of fused-ring (bicyclic) bond motifs is 1. The van der Waals surface area contributed by atoms with Gasteiger partial charge in [0.2, 0.25) is 0 Å². The van der Waals surface area contributed by atoms with Gasteiger partial charge in [0.25, 0.3) is 5.88 Å². The maximum absolute atomic E-state index is 12.9. The van der Waals surface area contributed by atoms with Gasteiger partial charge in [-0.2, -0.15) is 18.6 Å². The number of anilines is 1. The summed E-state index contributed by atoms with van der Waals surface area (Å²) in [7, 11) is 0. The molecule has 11 heteroatoms. The summed E-state index contributed by atoms with van der Waals surface area (Å²) in [6, 6.07) is 9.39. The van der Waals surface area contributed by atoms with Gasteiger partial charge in [0.05, 0.1) is 27.3 Å². The molecule has 0 atom stereocenters. The number of pyridine rings is 1. The molecule has 0 unspecified atom stereocenters. The van der Waals surface area contributed by atoms with E-state index in [4.69, 9.17) is 23.5 Å². The second-order valence-electron chi connectivity index (χ2n) is 6.03. The van der Waals surface area contributed by atoms with Crippen molar-refractivity contribution in [1.82, 2.24) is 19.7 Å². The molecular formula is C18H13Cl2F2N5OS. The summed E-state index contributed by atoms with van der Waals surface area (Å²) >= 11 is 13.0. The van der Waals surface area contributed by atoms with E-state index in [9.17, 15) is 8.78 Å². The lowest BCUT2D eigenvalue weighted by Gasteiger charge is -2.08. The van der Waals surface area contributed by atoms with Gasteiger partial charge in [-0.25, -0.2) is 0 Å². The molecule has 0 fully saturated rings. The number of aromatic nitrogens is 4. The molecule has 1 aromatic carbocycles. The zero-order valence-corrected chi connectivity index (χ0v) is 17.1. The summed E-state index contributed by atoms with van der Waals surface area (Å²) in [6.07, 6.45) is 3.00. The van der Waals surface area contributed by atoms with Crippen LogP contribution < -0.4 is 9.01 Å². The number of hydrogen-bond acceptors (Lipinski definition) is 5. The maximum atomic E-state index is 12.9. The molecule has 0 spiro atoms. The van der Waals surface area contributed by atoms with Crippen molar-refractivity contribution in [3.8, 4) is 17.1 Å². The van der Waals surface area contributed by atoms with Crippen LogP contribution in [0.5, 0.6) is 5.88 Å². The van der Waals surface area contributed by atoms with Crippen molar-refractivity contribution < 1.29 is 13.1 Å². The van der Waals surface area contributed by atoms with Crippen molar-refractivity contribution in [2.24, 2.45) is 0 Å². The average Bonchev–Trinajstić information content (AvgIpc) is 3.29. The minimum absolute atomic E-state index is 0.217. The highest BCUT2D eigenvalue weighted by atomic mass is 35.5. The van der Waals surface area contributed by atoms with E-state index < -0.39 is 6.55 Å². The SMILES string of the molecule is Cc1cccc(-c2c(Cl)ccc3c(SNc4cnn(C(F)F)c4OCl)c[nH]c23)n1. The summed E-state index contributed by atoms with van der Waals surface area (Å²) in [5.74, 6) is -0.276. The topological polar surface area (TPSA) is 67.8 Å². The second kappa shape index (κ2) is 8.10. The van der Waals surface area contributed by atoms with Gasteiger partial charge in [-0.3, -0.25) is 4.98 Å². The van der Waals surface area contributed by atoms with Crippen molar-refractivity contribution in [3.63, 3.8) is 0 Å². The first-order valence-corrected chi connectivity index (χ1v) is 9.80. The lowest BCUT2D eigenvalue weighted by Crippen LogP contribution is -2.01. The van der Waals surface area contributed by atoms with Crippen LogP contribution >= 0.6 is 35.4 Å². The fourth-order valence-electron chi connectivity index (χ4n) is 2.91. The first-order valence-electron chi connectivity index (χ1n) is 8.30. The fourth-order valence-corrected chi connectivity index (χ4v) is 4.08. The van der Waals surface area contributed by atoms with Gasteiger partial charge in [0, 0.05) is 22.8 Å². The highest BCUT2D eigenvalue weighted by molar-refractivity contribution is 8.00. The maximum Gasteiger partial charge on any atom is 0.336 e. The molecule has 29 heavy (non-hydrogen) atoms. The van der Waals surface area contributed by atoms with E-state index in [1.54, 1.807) is 12.3 Å². The molecule has 2 N–H and O–H groups in total. The minimum atomic E-state index is -2.87. The number of aryl methyl sites for hydroxylation is 1. The molecule has 0 bridgehead atoms. The zero-order chi connectivity index (χ0) is 20.5. The molecule has 0 aliphatic heterocycles. The van der Waals surface area contributed by atoms with E-state index >= 15 is 0 Å². The Bertz CT molecular complexity index is 1180. The second-order valence-corrected chi connectivity index (χ2v) is 7.44. The number of H-pyrrole nitrogens is 1. The number of hydrogen-bond donors (Lipinski definition) is 2. The minimum Gasteiger partial charge on any atom is -0.363 e. The summed E-state index contributed by atoms with van der Waals surface area (Å²) in [4.78, 5) is 8.60. The van der Waals surface area contributed by atoms with E-state index in [2.05, 4.69) is 24.1 Å². The lowest BCUT2D eigenvalue weighted by atomic mass is 10.1. The Morgan fingerprint density at radius 3 is 2.83 bits per heavy atom. The number of nitrogens with one attached hydrogen (secondary N) is 2. The third-order valence-electron chi connectivity index (χ3n) is 4.19. The number of benzene rings is 1. The Labute approximate surface area is 178 Å². The van der Waals surface area contributed by atoms with Crippen LogP contribution in [0.2, 0.25) is 5.02 Å². The average molecular weight is 456 g/mol. The molecule has 4 aromatic rings. The van der Waals surface area contributed by atoms with E-state index in [1.807, 2.05) is 31.2 Å². The summed E-state index contributed by atoms with van der Waals surface area (Å²) < 4.78 is 33.7. The van der Waals surface area contributed by atoms with E-state index in [0.29, 0.717) is 9.70 Å². The van der Waals surface area contributed by atoms with E-state index in [1.165, 1.54) is 18.1 Å².